The van der Waals surface area contributed by atoms with Gasteiger partial charge in [0.05, 0.1) is 12.0 Å². The maximum Gasteiger partial charge on any atom is 0.226 e. The van der Waals surface area contributed by atoms with Crippen LogP contribution in [0, 0.1) is 17.3 Å². The minimum absolute atomic E-state index is 0.138. The second-order valence-corrected chi connectivity index (χ2v) is 10.7. The molecule has 5 nitrogen and oxygen atoms in total. The fraction of sp³-hybridized carbons (Fsp3) is 0.571. The number of benzene rings is 1. The first-order valence-electron chi connectivity index (χ1n) is 9.89. The SMILES string of the molecule is O=C(NCc1ccc(Cn2cncn2)cc1)C12CC3CC(CC(Br)(C3)C1)C2. The highest BCUT2D eigenvalue weighted by atomic mass is 79.9. The van der Waals surface area contributed by atoms with Crippen molar-refractivity contribution in [3.63, 3.8) is 0 Å². The molecule has 4 aliphatic carbocycles. The van der Waals surface area contributed by atoms with Crippen LogP contribution in [0.15, 0.2) is 36.9 Å². The topological polar surface area (TPSA) is 59.8 Å². The first-order chi connectivity index (χ1) is 13.0. The van der Waals surface area contributed by atoms with Crippen molar-refractivity contribution in [1.29, 1.82) is 0 Å². The molecule has 4 aliphatic rings. The minimum Gasteiger partial charge on any atom is -0.352 e. The van der Waals surface area contributed by atoms with E-state index < -0.39 is 0 Å². The number of carbonyl (C=O) groups excluding carboxylic acids is 1. The Morgan fingerprint density at radius 1 is 1.15 bits per heavy atom. The molecule has 2 aromatic rings. The molecule has 1 aromatic heterocycles. The molecule has 0 radical (unpaired) electrons. The van der Waals surface area contributed by atoms with Crippen LogP contribution in [0.5, 0.6) is 0 Å². The predicted molar refractivity (Wildman–Crippen MR) is 106 cm³/mol. The Balaban J connectivity index is 1.22. The summed E-state index contributed by atoms with van der Waals surface area (Å²) in [5.41, 5.74) is 2.18. The number of hydrogen-bond donors (Lipinski definition) is 1. The summed E-state index contributed by atoms with van der Waals surface area (Å²) in [6.45, 7) is 1.32. The van der Waals surface area contributed by atoms with Crippen LogP contribution in [0.4, 0.5) is 0 Å². The highest BCUT2D eigenvalue weighted by Crippen LogP contribution is 2.64. The van der Waals surface area contributed by atoms with Gasteiger partial charge >= 0.3 is 0 Å². The lowest BCUT2D eigenvalue weighted by Crippen LogP contribution is -2.58. The van der Waals surface area contributed by atoms with Crippen molar-refractivity contribution >= 4 is 21.8 Å². The number of amides is 1. The molecule has 0 saturated heterocycles. The van der Waals surface area contributed by atoms with Crippen molar-refractivity contribution in [1.82, 2.24) is 20.1 Å². The first kappa shape index (κ1) is 17.4. The number of nitrogens with one attached hydrogen (secondary N) is 1. The zero-order valence-corrected chi connectivity index (χ0v) is 17.0. The Bertz CT molecular complexity index is 818. The summed E-state index contributed by atoms with van der Waals surface area (Å²) < 4.78 is 2.03. The molecule has 1 amide bonds. The van der Waals surface area contributed by atoms with E-state index >= 15 is 0 Å². The van der Waals surface area contributed by atoms with Gasteiger partial charge in [0.2, 0.25) is 5.91 Å². The molecule has 1 heterocycles. The van der Waals surface area contributed by atoms with Gasteiger partial charge in [0, 0.05) is 10.9 Å². The second-order valence-electron chi connectivity index (χ2n) is 8.98. The second kappa shape index (κ2) is 6.43. The van der Waals surface area contributed by atoms with E-state index in [1.807, 2.05) is 0 Å². The van der Waals surface area contributed by atoms with Gasteiger partial charge in [0.15, 0.2) is 0 Å². The van der Waals surface area contributed by atoms with E-state index in [0.29, 0.717) is 13.1 Å². The highest BCUT2D eigenvalue weighted by molar-refractivity contribution is 9.10. The number of hydrogen-bond acceptors (Lipinski definition) is 3. The molecule has 0 spiro atoms. The molecule has 6 rings (SSSR count). The average Bonchev–Trinajstić information content (AvgIpc) is 3.12. The third kappa shape index (κ3) is 3.33. The van der Waals surface area contributed by atoms with E-state index in [9.17, 15) is 4.79 Å². The molecule has 4 bridgehead atoms. The zero-order chi connectivity index (χ0) is 18.5. The molecule has 1 N–H and O–H groups in total. The lowest BCUT2D eigenvalue weighted by Gasteiger charge is -2.59. The van der Waals surface area contributed by atoms with Crippen LogP contribution in [0.25, 0.3) is 0 Å². The predicted octanol–water partition coefficient (Wildman–Crippen LogP) is 3.68. The summed E-state index contributed by atoms with van der Waals surface area (Å²) >= 11 is 4.00. The largest absolute Gasteiger partial charge is 0.352 e. The van der Waals surface area contributed by atoms with E-state index in [0.717, 1.165) is 36.7 Å². The van der Waals surface area contributed by atoms with E-state index in [2.05, 4.69) is 55.6 Å². The van der Waals surface area contributed by atoms with Gasteiger partial charge in [-0.1, -0.05) is 40.2 Å². The third-order valence-electron chi connectivity index (χ3n) is 6.76. The monoisotopic (exact) mass is 428 g/mol. The fourth-order valence-corrected chi connectivity index (χ4v) is 7.50. The molecule has 142 valence electrons. The average molecular weight is 429 g/mol. The molecule has 27 heavy (non-hydrogen) atoms. The van der Waals surface area contributed by atoms with Crippen LogP contribution in [-0.4, -0.2) is 25.0 Å². The van der Waals surface area contributed by atoms with Crippen LogP contribution >= 0.6 is 15.9 Å². The number of nitrogens with zero attached hydrogens (tertiary/aromatic N) is 3. The van der Waals surface area contributed by atoms with Gasteiger partial charge in [-0.2, -0.15) is 5.10 Å². The van der Waals surface area contributed by atoms with Gasteiger partial charge in [-0.3, -0.25) is 4.79 Å². The summed E-state index contributed by atoms with van der Waals surface area (Å²) in [5.74, 6) is 1.73. The van der Waals surface area contributed by atoms with E-state index in [1.54, 1.807) is 17.3 Å². The number of aromatic nitrogens is 3. The maximum absolute atomic E-state index is 13.1. The summed E-state index contributed by atoms with van der Waals surface area (Å²) in [6.07, 6.45) is 10.3. The molecule has 2 unspecified atom stereocenters. The molecular weight excluding hydrogens is 404 g/mol. The van der Waals surface area contributed by atoms with Crippen molar-refractivity contribution in [3.05, 3.63) is 48.0 Å². The fourth-order valence-electron chi connectivity index (χ4n) is 6.05. The lowest BCUT2D eigenvalue weighted by atomic mass is 9.49. The van der Waals surface area contributed by atoms with E-state index in [4.69, 9.17) is 0 Å². The molecular formula is C21H25BrN4O. The Morgan fingerprint density at radius 2 is 1.85 bits per heavy atom. The quantitative estimate of drug-likeness (QED) is 0.738. The number of alkyl halides is 1. The minimum atomic E-state index is -0.138. The Morgan fingerprint density at radius 3 is 2.48 bits per heavy atom. The standard InChI is InChI=1S/C21H25BrN4O/c22-21-8-17-5-18(9-21)7-20(6-17,12-21)19(27)24-10-15-1-3-16(4-2-15)11-26-14-23-13-25-26/h1-4,13-14,17-18H,5-12H2,(H,24,27). The summed E-state index contributed by atoms with van der Waals surface area (Å²) in [7, 11) is 0. The molecule has 0 aliphatic heterocycles. The van der Waals surface area contributed by atoms with Crippen LogP contribution < -0.4 is 5.32 Å². The van der Waals surface area contributed by atoms with Crippen molar-refractivity contribution in [2.24, 2.45) is 17.3 Å². The zero-order valence-electron chi connectivity index (χ0n) is 15.4. The summed E-state index contributed by atoms with van der Waals surface area (Å²) in [5, 5.41) is 7.38. The third-order valence-corrected chi connectivity index (χ3v) is 7.69. The van der Waals surface area contributed by atoms with Gasteiger partial charge in [0.25, 0.3) is 0 Å². The van der Waals surface area contributed by atoms with Crippen molar-refractivity contribution in [3.8, 4) is 0 Å². The molecule has 4 saturated carbocycles. The van der Waals surface area contributed by atoms with Crippen molar-refractivity contribution < 1.29 is 4.79 Å². The van der Waals surface area contributed by atoms with Gasteiger partial charge in [-0.25, -0.2) is 9.67 Å². The number of carbonyl (C=O) groups is 1. The molecule has 2 atom stereocenters. The highest BCUT2D eigenvalue weighted by Gasteiger charge is 2.59. The summed E-state index contributed by atoms with van der Waals surface area (Å²) in [6, 6.07) is 8.39. The normalized spacial score (nSPS) is 34.0. The van der Waals surface area contributed by atoms with Crippen LogP contribution in [-0.2, 0) is 17.9 Å². The smallest absolute Gasteiger partial charge is 0.226 e. The Labute approximate surface area is 168 Å². The van der Waals surface area contributed by atoms with Crippen LogP contribution in [0.2, 0.25) is 0 Å². The van der Waals surface area contributed by atoms with Gasteiger partial charge in [0.1, 0.15) is 12.7 Å². The number of halogens is 1. The molecule has 4 fully saturated rings. The number of rotatable bonds is 5. The molecule has 1 aromatic carbocycles. The Hall–Kier alpha value is -1.69. The Kier molecular flexibility index (Phi) is 4.15. The van der Waals surface area contributed by atoms with E-state index in [-0.39, 0.29) is 15.6 Å². The van der Waals surface area contributed by atoms with E-state index in [1.165, 1.54) is 24.8 Å². The summed E-state index contributed by atoms with van der Waals surface area (Å²) in [4.78, 5) is 17.1. The van der Waals surface area contributed by atoms with Crippen molar-refractivity contribution in [2.75, 3.05) is 0 Å². The first-order valence-corrected chi connectivity index (χ1v) is 10.7. The van der Waals surface area contributed by atoms with Crippen LogP contribution in [0.1, 0.15) is 49.7 Å². The van der Waals surface area contributed by atoms with Gasteiger partial charge in [-0.05, 0) is 61.5 Å². The molecule has 6 heteroatoms. The van der Waals surface area contributed by atoms with Gasteiger partial charge < -0.3 is 5.32 Å². The van der Waals surface area contributed by atoms with Crippen molar-refractivity contribution in [2.45, 2.75) is 55.9 Å². The lowest BCUT2D eigenvalue weighted by molar-refractivity contribution is -0.144. The van der Waals surface area contributed by atoms with Crippen LogP contribution in [0.3, 0.4) is 0 Å². The maximum atomic E-state index is 13.1. The van der Waals surface area contributed by atoms with Gasteiger partial charge in [-0.15, -0.1) is 0 Å².